The van der Waals surface area contributed by atoms with Gasteiger partial charge in [0.15, 0.2) is 6.04 Å². The molecule has 3 N–H and O–H groups in total. The van der Waals surface area contributed by atoms with E-state index < -0.39 is 24.6 Å². The Hall–Kier alpha value is -2.08. The molecule has 1 aromatic rings. The van der Waals surface area contributed by atoms with Crippen LogP contribution in [0.15, 0.2) is 18.2 Å². The van der Waals surface area contributed by atoms with E-state index in [0.29, 0.717) is 5.69 Å². The van der Waals surface area contributed by atoms with Crippen LogP contribution >= 0.6 is 0 Å². The number of hydrogen-bond acceptors (Lipinski definition) is 3. The van der Waals surface area contributed by atoms with Crippen LogP contribution in [0.25, 0.3) is 0 Å². The Morgan fingerprint density at radius 2 is 2.00 bits per heavy atom. The normalized spacial score (nSPS) is 11.8. The van der Waals surface area contributed by atoms with E-state index in [0.717, 1.165) is 11.1 Å². The van der Waals surface area contributed by atoms with Crippen LogP contribution in [0.4, 0.5) is 10.5 Å². The molecule has 6 heteroatoms. The Morgan fingerprint density at radius 1 is 1.37 bits per heavy atom. The van der Waals surface area contributed by atoms with E-state index in [-0.39, 0.29) is 0 Å². The number of aliphatic hydroxyl groups is 1. The van der Waals surface area contributed by atoms with Crippen molar-refractivity contribution in [1.82, 2.24) is 5.32 Å². The molecule has 0 saturated heterocycles. The molecule has 0 bridgehead atoms. The SMILES string of the molecule is Cc1ccc(N(C)C(=O)N[C@H](CO)C(=O)O)c(C)c1. The summed E-state index contributed by atoms with van der Waals surface area (Å²) < 4.78 is 0. The summed E-state index contributed by atoms with van der Waals surface area (Å²) in [6, 6.07) is 3.71. The smallest absolute Gasteiger partial charge is 0.328 e. The van der Waals surface area contributed by atoms with Crippen LogP contribution < -0.4 is 10.2 Å². The first-order valence-electron chi connectivity index (χ1n) is 5.82. The molecule has 0 fully saturated rings. The molecule has 0 unspecified atom stereocenters. The van der Waals surface area contributed by atoms with Crippen molar-refractivity contribution in [3.63, 3.8) is 0 Å². The van der Waals surface area contributed by atoms with Crippen molar-refractivity contribution in [2.75, 3.05) is 18.6 Å². The van der Waals surface area contributed by atoms with Gasteiger partial charge in [-0.2, -0.15) is 0 Å². The van der Waals surface area contributed by atoms with Gasteiger partial charge in [0, 0.05) is 12.7 Å². The van der Waals surface area contributed by atoms with E-state index in [9.17, 15) is 9.59 Å². The molecular formula is C13H18N2O4. The minimum absolute atomic E-state index is 0.576. The van der Waals surface area contributed by atoms with E-state index in [4.69, 9.17) is 10.2 Å². The quantitative estimate of drug-likeness (QED) is 0.755. The fraction of sp³-hybridized carbons (Fsp3) is 0.385. The number of rotatable bonds is 4. The van der Waals surface area contributed by atoms with Gasteiger partial charge in [-0.25, -0.2) is 9.59 Å². The summed E-state index contributed by atoms with van der Waals surface area (Å²) in [5, 5.41) is 19.9. The number of hydrogen-bond donors (Lipinski definition) is 3. The summed E-state index contributed by atoms with van der Waals surface area (Å²) in [5.74, 6) is -1.27. The average molecular weight is 266 g/mol. The van der Waals surface area contributed by atoms with Gasteiger partial charge in [0.05, 0.1) is 6.61 Å². The van der Waals surface area contributed by atoms with Crippen LogP contribution in [0.5, 0.6) is 0 Å². The number of aliphatic hydroxyl groups excluding tert-OH is 1. The number of aliphatic carboxylic acids is 1. The molecular weight excluding hydrogens is 248 g/mol. The molecule has 1 rings (SSSR count). The number of benzene rings is 1. The van der Waals surface area contributed by atoms with Gasteiger partial charge in [-0.15, -0.1) is 0 Å². The third-order valence-electron chi connectivity index (χ3n) is 2.80. The number of nitrogens with one attached hydrogen (secondary N) is 1. The van der Waals surface area contributed by atoms with E-state index in [2.05, 4.69) is 5.32 Å². The van der Waals surface area contributed by atoms with Crippen LogP contribution in [-0.4, -0.2) is 41.9 Å². The molecule has 0 aliphatic heterocycles. The first-order valence-corrected chi connectivity index (χ1v) is 5.82. The first kappa shape index (κ1) is 15.0. The summed E-state index contributed by atoms with van der Waals surface area (Å²) in [5.41, 5.74) is 2.67. The minimum atomic E-state index is -1.30. The lowest BCUT2D eigenvalue weighted by Gasteiger charge is -2.22. The molecule has 104 valence electrons. The van der Waals surface area contributed by atoms with Crippen molar-refractivity contribution >= 4 is 17.7 Å². The molecule has 0 radical (unpaired) electrons. The third-order valence-corrected chi connectivity index (χ3v) is 2.80. The maximum absolute atomic E-state index is 11.9. The average Bonchev–Trinajstić information content (AvgIpc) is 2.34. The number of nitrogens with zero attached hydrogens (tertiary/aromatic N) is 1. The van der Waals surface area contributed by atoms with E-state index in [1.807, 2.05) is 26.0 Å². The third kappa shape index (κ3) is 3.69. The highest BCUT2D eigenvalue weighted by atomic mass is 16.4. The standard InChI is InChI=1S/C13H18N2O4/c1-8-4-5-11(9(2)6-8)15(3)13(19)14-10(7-16)12(17)18/h4-6,10,16H,7H2,1-3H3,(H,14,19)(H,17,18)/t10-/m1/s1. The summed E-state index contributed by atoms with van der Waals surface area (Å²) in [4.78, 5) is 24.0. The number of carboxylic acids is 1. The van der Waals surface area contributed by atoms with Gasteiger partial charge >= 0.3 is 12.0 Å². The zero-order valence-corrected chi connectivity index (χ0v) is 11.2. The van der Waals surface area contributed by atoms with Gasteiger partial charge in [0.1, 0.15) is 0 Å². The number of carbonyl (C=O) groups is 2. The van der Waals surface area contributed by atoms with Crippen LogP contribution in [0.3, 0.4) is 0 Å². The molecule has 6 nitrogen and oxygen atoms in total. The van der Waals surface area contributed by atoms with E-state index in [1.165, 1.54) is 4.90 Å². The van der Waals surface area contributed by atoms with Crippen LogP contribution in [0.1, 0.15) is 11.1 Å². The molecule has 1 atom stereocenters. The molecule has 0 spiro atoms. The number of carbonyl (C=O) groups excluding carboxylic acids is 1. The van der Waals surface area contributed by atoms with Gasteiger partial charge in [-0.1, -0.05) is 17.7 Å². The number of anilines is 1. The molecule has 0 aromatic heterocycles. The predicted octanol–water partition coefficient (Wildman–Crippen LogP) is 0.895. The zero-order chi connectivity index (χ0) is 14.6. The van der Waals surface area contributed by atoms with Gasteiger partial charge in [-0.3, -0.25) is 4.90 Å². The number of aryl methyl sites for hydroxylation is 2. The van der Waals surface area contributed by atoms with Crippen LogP contribution in [0.2, 0.25) is 0 Å². The fourth-order valence-electron chi connectivity index (χ4n) is 1.72. The van der Waals surface area contributed by atoms with Crippen molar-refractivity contribution in [3.8, 4) is 0 Å². The molecule has 19 heavy (non-hydrogen) atoms. The molecule has 0 aliphatic rings. The van der Waals surface area contributed by atoms with Gasteiger partial charge in [-0.05, 0) is 25.5 Å². The highest BCUT2D eigenvalue weighted by molar-refractivity contribution is 5.94. The molecule has 0 aliphatic carbocycles. The van der Waals surface area contributed by atoms with Crippen molar-refractivity contribution in [2.45, 2.75) is 19.9 Å². The highest BCUT2D eigenvalue weighted by Gasteiger charge is 2.21. The largest absolute Gasteiger partial charge is 0.480 e. The Bertz CT molecular complexity index is 488. The maximum Gasteiger partial charge on any atom is 0.328 e. The molecule has 1 aromatic carbocycles. The zero-order valence-electron chi connectivity index (χ0n) is 11.2. The second-order valence-corrected chi connectivity index (χ2v) is 4.37. The monoisotopic (exact) mass is 266 g/mol. The van der Waals surface area contributed by atoms with Crippen molar-refractivity contribution < 1.29 is 19.8 Å². The summed E-state index contributed by atoms with van der Waals surface area (Å²) in [6.45, 7) is 3.16. The van der Waals surface area contributed by atoms with Gasteiger partial charge in [0.2, 0.25) is 0 Å². The van der Waals surface area contributed by atoms with Crippen LogP contribution in [-0.2, 0) is 4.79 Å². The van der Waals surface area contributed by atoms with Crippen molar-refractivity contribution in [1.29, 1.82) is 0 Å². The Labute approximate surface area is 111 Å². The lowest BCUT2D eigenvalue weighted by Crippen LogP contribution is -2.48. The molecule has 2 amide bonds. The number of amides is 2. The van der Waals surface area contributed by atoms with Crippen molar-refractivity contribution in [3.05, 3.63) is 29.3 Å². The lowest BCUT2D eigenvalue weighted by molar-refractivity contribution is -0.140. The summed E-state index contributed by atoms with van der Waals surface area (Å²) >= 11 is 0. The first-order chi connectivity index (χ1) is 8.86. The Kier molecular flexibility index (Phi) is 4.88. The van der Waals surface area contributed by atoms with Gasteiger partial charge < -0.3 is 15.5 Å². The summed E-state index contributed by atoms with van der Waals surface area (Å²) in [7, 11) is 1.54. The molecule has 0 saturated carbocycles. The predicted molar refractivity (Wildman–Crippen MR) is 71.4 cm³/mol. The number of urea groups is 1. The lowest BCUT2D eigenvalue weighted by atomic mass is 10.1. The van der Waals surface area contributed by atoms with Crippen molar-refractivity contribution in [2.24, 2.45) is 0 Å². The molecule has 0 heterocycles. The Morgan fingerprint density at radius 3 is 2.47 bits per heavy atom. The fourth-order valence-corrected chi connectivity index (χ4v) is 1.72. The van der Waals surface area contributed by atoms with E-state index in [1.54, 1.807) is 13.1 Å². The highest BCUT2D eigenvalue weighted by Crippen LogP contribution is 2.19. The number of carboxylic acid groups (broad SMARTS) is 1. The summed E-state index contributed by atoms with van der Waals surface area (Å²) in [6.07, 6.45) is 0. The second-order valence-electron chi connectivity index (χ2n) is 4.37. The van der Waals surface area contributed by atoms with Crippen LogP contribution in [0, 0.1) is 13.8 Å². The maximum atomic E-state index is 11.9. The Balaban J connectivity index is 2.84. The van der Waals surface area contributed by atoms with E-state index >= 15 is 0 Å². The minimum Gasteiger partial charge on any atom is -0.480 e. The van der Waals surface area contributed by atoms with Gasteiger partial charge in [0.25, 0.3) is 0 Å². The topological polar surface area (TPSA) is 89.9 Å². The second kappa shape index (κ2) is 6.19.